The number of hydrogen-bond donors (Lipinski definition) is 0. The summed E-state index contributed by atoms with van der Waals surface area (Å²) in [5, 5.41) is 4.21. The minimum Gasteiger partial charge on any atom is -0.342 e. The molecule has 0 bridgehead atoms. The van der Waals surface area contributed by atoms with Gasteiger partial charge < -0.3 is 9.80 Å². The van der Waals surface area contributed by atoms with Crippen LogP contribution in [0.1, 0.15) is 51.5 Å². The Labute approximate surface area is 156 Å². The van der Waals surface area contributed by atoms with Crippen LogP contribution in [0, 0.1) is 17.8 Å². The summed E-state index contributed by atoms with van der Waals surface area (Å²) in [6.07, 6.45) is 8.67. The largest absolute Gasteiger partial charge is 0.342 e. The molecule has 1 saturated carbocycles. The predicted molar refractivity (Wildman–Crippen MR) is 100 cm³/mol. The minimum absolute atomic E-state index is 0.0378. The molecule has 1 saturated heterocycles. The van der Waals surface area contributed by atoms with Crippen LogP contribution in [0.15, 0.2) is 12.4 Å². The van der Waals surface area contributed by atoms with Crippen LogP contribution in [0.5, 0.6) is 0 Å². The van der Waals surface area contributed by atoms with Gasteiger partial charge in [0.15, 0.2) is 0 Å². The highest BCUT2D eigenvalue weighted by atomic mass is 16.2. The highest BCUT2D eigenvalue weighted by molar-refractivity contribution is 5.81. The second-order valence-electron chi connectivity index (χ2n) is 8.36. The highest BCUT2D eigenvalue weighted by Gasteiger charge is 2.34. The van der Waals surface area contributed by atoms with Crippen molar-refractivity contribution in [2.24, 2.45) is 24.8 Å². The summed E-state index contributed by atoms with van der Waals surface area (Å²) in [5.74, 6) is 1.27. The van der Waals surface area contributed by atoms with Crippen LogP contribution in [0.3, 0.4) is 0 Å². The molecule has 1 aliphatic carbocycles. The Balaban J connectivity index is 1.57. The zero-order chi connectivity index (χ0) is 18.7. The van der Waals surface area contributed by atoms with E-state index in [1.807, 2.05) is 29.2 Å². The zero-order valence-corrected chi connectivity index (χ0v) is 16.4. The van der Waals surface area contributed by atoms with E-state index in [1.54, 1.807) is 4.68 Å². The molecule has 3 rings (SSSR count). The van der Waals surface area contributed by atoms with E-state index in [1.165, 1.54) is 6.42 Å². The van der Waals surface area contributed by atoms with Crippen molar-refractivity contribution in [1.82, 2.24) is 19.6 Å². The predicted octanol–water partition coefficient (Wildman–Crippen LogP) is 2.44. The average Bonchev–Trinajstić information content (AvgIpc) is 2.96. The van der Waals surface area contributed by atoms with Crippen LogP contribution in [0.4, 0.5) is 0 Å². The Kier molecular flexibility index (Phi) is 5.99. The average molecular weight is 361 g/mol. The molecule has 0 spiro atoms. The van der Waals surface area contributed by atoms with E-state index in [0.29, 0.717) is 18.4 Å². The van der Waals surface area contributed by atoms with Gasteiger partial charge in [-0.3, -0.25) is 14.3 Å². The summed E-state index contributed by atoms with van der Waals surface area (Å²) in [5.41, 5.74) is 1.07. The molecule has 2 heterocycles. The standard InChI is InChI=1S/C20H32N4O2/c1-15(2)12-24(14-16-11-21-22(3)13-16)20(26)18-7-9-23(10-8-18)19(25)17-5-4-6-17/h11,13,15,17-18H,4-10,12,14H2,1-3H3. The second-order valence-corrected chi connectivity index (χ2v) is 8.36. The molecule has 0 N–H and O–H groups in total. The molecule has 0 radical (unpaired) electrons. The normalized spacial score (nSPS) is 18.8. The highest BCUT2D eigenvalue weighted by Crippen LogP contribution is 2.30. The fourth-order valence-corrected chi connectivity index (χ4v) is 3.97. The van der Waals surface area contributed by atoms with Crippen molar-refractivity contribution in [3.8, 4) is 0 Å². The van der Waals surface area contributed by atoms with Gasteiger partial charge in [0.1, 0.15) is 0 Å². The molecule has 2 aliphatic rings. The number of rotatable bonds is 6. The third kappa shape index (κ3) is 4.46. The minimum atomic E-state index is 0.0378. The van der Waals surface area contributed by atoms with Gasteiger partial charge in [-0.2, -0.15) is 5.10 Å². The first-order valence-corrected chi connectivity index (χ1v) is 9.99. The first-order chi connectivity index (χ1) is 12.4. The maximum Gasteiger partial charge on any atom is 0.226 e. The molecule has 1 aromatic rings. The summed E-state index contributed by atoms with van der Waals surface area (Å²) in [7, 11) is 1.90. The first kappa shape index (κ1) is 18.9. The Morgan fingerprint density at radius 3 is 2.38 bits per heavy atom. The zero-order valence-electron chi connectivity index (χ0n) is 16.4. The van der Waals surface area contributed by atoms with Crippen LogP contribution < -0.4 is 0 Å². The molecule has 0 unspecified atom stereocenters. The molecule has 144 valence electrons. The van der Waals surface area contributed by atoms with Crippen molar-refractivity contribution in [1.29, 1.82) is 0 Å². The van der Waals surface area contributed by atoms with Crippen molar-refractivity contribution in [3.05, 3.63) is 18.0 Å². The Morgan fingerprint density at radius 2 is 1.88 bits per heavy atom. The maximum absolute atomic E-state index is 13.1. The van der Waals surface area contributed by atoms with Crippen LogP contribution in [-0.4, -0.2) is 51.0 Å². The molecule has 2 amide bonds. The number of hydrogen-bond acceptors (Lipinski definition) is 3. The number of nitrogens with zero attached hydrogens (tertiary/aromatic N) is 4. The van der Waals surface area contributed by atoms with Gasteiger partial charge in [-0.25, -0.2) is 0 Å². The van der Waals surface area contributed by atoms with Crippen LogP contribution >= 0.6 is 0 Å². The van der Waals surface area contributed by atoms with Crippen molar-refractivity contribution < 1.29 is 9.59 Å². The second kappa shape index (κ2) is 8.23. The Morgan fingerprint density at radius 1 is 1.19 bits per heavy atom. The lowest BCUT2D eigenvalue weighted by Gasteiger charge is -2.37. The van der Waals surface area contributed by atoms with Gasteiger partial charge in [-0.15, -0.1) is 0 Å². The third-order valence-corrected chi connectivity index (χ3v) is 5.64. The first-order valence-electron chi connectivity index (χ1n) is 9.99. The number of likely N-dealkylation sites (tertiary alicyclic amines) is 1. The number of piperidine rings is 1. The van der Waals surface area contributed by atoms with E-state index in [2.05, 4.69) is 18.9 Å². The fraction of sp³-hybridized carbons (Fsp3) is 0.750. The van der Waals surface area contributed by atoms with Gasteiger partial charge in [0, 0.05) is 56.8 Å². The van der Waals surface area contributed by atoms with E-state index in [-0.39, 0.29) is 17.7 Å². The van der Waals surface area contributed by atoms with Crippen molar-refractivity contribution in [3.63, 3.8) is 0 Å². The van der Waals surface area contributed by atoms with E-state index >= 15 is 0 Å². The topological polar surface area (TPSA) is 58.4 Å². The number of amides is 2. The summed E-state index contributed by atoms with van der Waals surface area (Å²) in [6, 6.07) is 0. The summed E-state index contributed by atoms with van der Waals surface area (Å²) in [4.78, 5) is 29.5. The van der Waals surface area contributed by atoms with Gasteiger partial charge in [0.25, 0.3) is 0 Å². The van der Waals surface area contributed by atoms with Crippen LogP contribution in [0.25, 0.3) is 0 Å². The van der Waals surface area contributed by atoms with Crippen LogP contribution in [-0.2, 0) is 23.2 Å². The summed E-state index contributed by atoms with van der Waals surface area (Å²) >= 11 is 0. The van der Waals surface area contributed by atoms with Gasteiger partial charge in [0.2, 0.25) is 11.8 Å². The fourth-order valence-electron chi connectivity index (χ4n) is 3.97. The van der Waals surface area contributed by atoms with E-state index < -0.39 is 0 Å². The molecule has 26 heavy (non-hydrogen) atoms. The molecular weight excluding hydrogens is 328 g/mol. The summed E-state index contributed by atoms with van der Waals surface area (Å²) in [6.45, 7) is 7.12. The lowest BCUT2D eigenvalue weighted by Crippen LogP contribution is -2.47. The molecule has 0 aromatic carbocycles. The summed E-state index contributed by atoms with van der Waals surface area (Å²) < 4.78 is 1.78. The van der Waals surface area contributed by atoms with Crippen molar-refractivity contribution in [2.45, 2.75) is 52.5 Å². The number of carbonyl (C=O) groups excluding carboxylic acids is 2. The van der Waals surface area contributed by atoms with Gasteiger partial charge in [-0.1, -0.05) is 20.3 Å². The molecule has 6 nitrogen and oxygen atoms in total. The van der Waals surface area contributed by atoms with Gasteiger partial charge >= 0.3 is 0 Å². The SMILES string of the molecule is CC(C)CN(Cc1cnn(C)c1)C(=O)C1CCN(C(=O)C2CCC2)CC1. The number of aryl methyl sites for hydroxylation is 1. The molecule has 1 aliphatic heterocycles. The van der Waals surface area contributed by atoms with Gasteiger partial charge in [0.05, 0.1) is 6.20 Å². The van der Waals surface area contributed by atoms with Crippen molar-refractivity contribution >= 4 is 11.8 Å². The molecular formula is C20H32N4O2. The van der Waals surface area contributed by atoms with Gasteiger partial charge in [-0.05, 0) is 31.6 Å². The molecule has 0 atom stereocenters. The quantitative estimate of drug-likeness (QED) is 0.783. The smallest absolute Gasteiger partial charge is 0.226 e. The van der Waals surface area contributed by atoms with E-state index in [9.17, 15) is 9.59 Å². The monoisotopic (exact) mass is 360 g/mol. The third-order valence-electron chi connectivity index (χ3n) is 5.64. The van der Waals surface area contributed by atoms with Crippen molar-refractivity contribution in [2.75, 3.05) is 19.6 Å². The lowest BCUT2D eigenvalue weighted by atomic mass is 9.83. The molecule has 6 heteroatoms. The lowest BCUT2D eigenvalue weighted by molar-refractivity contribution is -0.144. The molecule has 2 fully saturated rings. The Hall–Kier alpha value is -1.85. The van der Waals surface area contributed by atoms with E-state index in [0.717, 1.165) is 50.9 Å². The number of carbonyl (C=O) groups is 2. The van der Waals surface area contributed by atoms with Crippen LogP contribution in [0.2, 0.25) is 0 Å². The number of aromatic nitrogens is 2. The maximum atomic E-state index is 13.1. The Bertz CT molecular complexity index is 628. The molecule has 1 aromatic heterocycles. The van der Waals surface area contributed by atoms with E-state index in [4.69, 9.17) is 0 Å².